The quantitative estimate of drug-likeness (QED) is 0.688. The molecule has 0 atom stereocenters. The van der Waals surface area contributed by atoms with E-state index in [1.807, 2.05) is 0 Å². The topological polar surface area (TPSA) is 64.9 Å². The van der Waals surface area contributed by atoms with Crippen molar-refractivity contribution in [2.75, 3.05) is 11.5 Å². The van der Waals surface area contributed by atoms with Crippen LogP contribution in [0.2, 0.25) is 0 Å². The maximum absolute atomic E-state index is 5.86. The normalized spacial score (nSPS) is 17.8. The Bertz CT molecular complexity index is 303. The van der Waals surface area contributed by atoms with Gasteiger partial charge in [-0.25, -0.2) is 0 Å². The SMILES string of the molecule is Nc1cnc(C2CCCC2)c(N)c1. The van der Waals surface area contributed by atoms with E-state index in [0.29, 0.717) is 11.6 Å². The minimum Gasteiger partial charge on any atom is -0.397 e. The van der Waals surface area contributed by atoms with E-state index >= 15 is 0 Å². The van der Waals surface area contributed by atoms with Gasteiger partial charge in [0.05, 0.1) is 23.3 Å². The molecule has 0 bridgehead atoms. The molecule has 1 heterocycles. The Morgan fingerprint density at radius 3 is 2.54 bits per heavy atom. The van der Waals surface area contributed by atoms with Crippen LogP contribution in [0, 0.1) is 0 Å². The van der Waals surface area contributed by atoms with E-state index in [4.69, 9.17) is 11.5 Å². The summed E-state index contributed by atoms with van der Waals surface area (Å²) < 4.78 is 0. The van der Waals surface area contributed by atoms with Gasteiger partial charge in [0.1, 0.15) is 0 Å². The highest BCUT2D eigenvalue weighted by molar-refractivity contribution is 5.53. The number of nitrogens with zero attached hydrogens (tertiary/aromatic N) is 1. The first-order chi connectivity index (χ1) is 6.27. The van der Waals surface area contributed by atoms with Gasteiger partial charge in [0.15, 0.2) is 0 Å². The summed E-state index contributed by atoms with van der Waals surface area (Å²) in [5, 5.41) is 0. The first-order valence-corrected chi connectivity index (χ1v) is 4.78. The molecule has 1 fully saturated rings. The third-order valence-corrected chi connectivity index (χ3v) is 2.71. The number of hydrogen-bond acceptors (Lipinski definition) is 3. The molecule has 3 heteroatoms. The standard InChI is InChI=1S/C10H15N3/c11-8-5-9(12)10(13-6-8)7-3-1-2-4-7/h5-7H,1-4,11-12H2. The van der Waals surface area contributed by atoms with Crippen molar-refractivity contribution in [2.45, 2.75) is 31.6 Å². The van der Waals surface area contributed by atoms with Crippen LogP contribution in [0.15, 0.2) is 12.3 Å². The van der Waals surface area contributed by atoms with Crippen molar-refractivity contribution in [3.05, 3.63) is 18.0 Å². The second kappa shape index (κ2) is 3.24. The lowest BCUT2D eigenvalue weighted by Gasteiger charge is -2.11. The van der Waals surface area contributed by atoms with E-state index in [9.17, 15) is 0 Å². The summed E-state index contributed by atoms with van der Waals surface area (Å²) in [6, 6.07) is 1.81. The average Bonchev–Trinajstić information content (AvgIpc) is 2.56. The van der Waals surface area contributed by atoms with E-state index < -0.39 is 0 Å². The summed E-state index contributed by atoms with van der Waals surface area (Å²) in [5.41, 5.74) is 13.9. The predicted octanol–water partition coefficient (Wildman–Crippen LogP) is 1.90. The van der Waals surface area contributed by atoms with Crippen LogP contribution in [-0.2, 0) is 0 Å². The van der Waals surface area contributed by atoms with Gasteiger partial charge in [-0.1, -0.05) is 12.8 Å². The highest BCUT2D eigenvalue weighted by Crippen LogP contribution is 2.35. The number of hydrogen-bond donors (Lipinski definition) is 2. The minimum atomic E-state index is 0.570. The largest absolute Gasteiger partial charge is 0.397 e. The first-order valence-electron chi connectivity index (χ1n) is 4.78. The molecule has 0 saturated heterocycles. The summed E-state index contributed by atoms with van der Waals surface area (Å²) in [6.45, 7) is 0. The van der Waals surface area contributed by atoms with Gasteiger partial charge in [-0.05, 0) is 18.9 Å². The number of nitrogens with two attached hydrogens (primary N) is 2. The van der Waals surface area contributed by atoms with Crippen LogP contribution in [0.3, 0.4) is 0 Å². The fourth-order valence-corrected chi connectivity index (χ4v) is 2.05. The van der Waals surface area contributed by atoms with Crippen LogP contribution in [0.1, 0.15) is 37.3 Å². The zero-order chi connectivity index (χ0) is 9.26. The summed E-state index contributed by atoms with van der Waals surface area (Å²) in [7, 11) is 0. The molecule has 2 rings (SSSR count). The monoisotopic (exact) mass is 177 g/mol. The van der Waals surface area contributed by atoms with Crippen molar-refractivity contribution in [3.63, 3.8) is 0 Å². The summed E-state index contributed by atoms with van der Waals surface area (Å²) in [5.74, 6) is 0.570. The number of aromatic nitrogens is 1. The average molecular weight is 177 g/mol. The molecule has 0 aliphatic heterocycles. The van der Waals surface area contributed by atoms with E-state index in [-0.39, 0.29) is 0 Å². The number of anilines is 2. The Morgan fingerprint density at radius 1 is 1.23 bits per heavy atom. The maximum Gasteiger partial charge on any atom is 0.0665 e. The third kappa shape index (κ3) is 1.59. The van der Waals surface area contributed by atoms with Crippen LogP contribution < -0.4 is 11.5 Å². The van der Waals surface area contributed by atoms with Gasteiger partial charge >= 0.3 is 0 Å². The molecule has 0 radical (unpaired) electrons. The molecule has 0 unspecified atom stereocenters. The van der Waals surface area contributed by atoms with Gasteiger partial charge in [0.25, 0.3) is 0 Å². The van der Waals surface area contributed by atoms with Gasteiger partial charge in [-0.2, -0.15) is 0 Å². The Hall–Kier alpha value is -1.25. The molecule has 1 aliphatic carbocycles. The zero-order valence-corrected chi connectivity index (χ0v) is 7.66. The van der Waals surface area contributed by atoms with Crippen LogP contribution in [0.4, 0.5) is 11.4 Å². The van der Waals surface area contributed by atoms with Crippen molar-refractivity contribution in [1.82, 2.24) is 4.98 Å². The molecule has 1 aliphatic rings. The zero-order valence-electron chi connectivity index (χ0n) is 7.66. The molecule has 70 valence electrons. The molecule has 3 nitrogen and oxygen atoms in total. The van der Waals surface area contributed by atoms with Crippen LogP contribution in [0.25, 0.3) is 0 Å². The van der Waals surface area contributed by atoms with Crippen molar-refractivity contribution >= 4 is 11.4 Å². The van der Waals surface area contributed by atoms with E-state index in [1.54, 1.807) is 12.3 Å². The van der Waals surface area contributed by atoms with Crippen LogP contribution in [-0.4, -0.2) is 4.98 Å². The summed E-state index contributed by atoms with van der Waals surface area (Å²) in [4.78, 5) is 4.31. The molecule has 0 aromatic carbocycles. The van der Waals surface area contributed by atoms with Gasteiger partial charge in [0, 0.05) is 5.92 Å². The van der Waals surface area contributed by atoms with Crippen molar-refractivity contribution < 1.29 is 0 Å². The lowest BCUT2D eigenvalue weighted by molar-refractivity contribution is 0.700. The maximum atomic E-state index is 5.86. The predicted molar refractivity (Wildman–Crippen MR) is 54.3 cm³/mol. The van der Waals surface area contributed by atoms with E-state index in [1.165, 1.54) is 25.7 Å². The second-order valence-electron chi connectivity index (χ2n) is 3.72. The number of pyridine rings is 1. The molecule has 1 aromatic heterocycles. The fraction of sp³-hybridized carbons (Fsp3) is 0.500. The molecule has 1 aromatic rings. The lowest BCUT2D eigenvalue weighted by Crippen LogP contribution is -2.03. The molecule has 0 spiro atoms. The number of rotatable bonds is 1. The molecule has 0 amide bonds. The molecule has 13 heavy (non-hydrogen) atoms. The Labute approximate surface area is 78.1 Å². The first kappa shape index (κ1) is 8.35. The van der Waals surface area contributed by atoms with Gasteiger partial charge in [-0.3, -0.25) is 4.98 Å². The number of nitrogen functional groups attached to an aromatic ring is 2. The van der Waals surface area contributed by atoms with Crippen molar-refractivity contribution in [3.8, 4) is 0 Å². The second-order valence-corrected chi connectivity index (χ2v) is 3.72. The Balaban J connectivity index is 2.29. The highest BCUT2D eigenvalue weighted by Gasteiger charge is 2.20. The van der Waals surface area contributed by atoms with Crippen molar-refractivity contribution in [2.24, 2.45) is 0 Å². The van der Waals surface area contributed by atoms with E-state index in [2.05, 4.69) is 4.98 Å². The van der Waals surface area contributed by atoms with Gasteiger partial charge < -0.3 is 11.5 Å². The van der Waals surface area contributed by atoms with Crippen molar-refractivity contribution in [1.29, 1.82) is 0 Å². The van der Waals surface area contributed by atoms with Crippen LogP contribution in [0.5, 0.6) is 0 Å². The third-order valence-electron chi connectivity index (χ3n) is 2.71. The molecular weight excluding hydrogens is 162 g/mol. The molecule has 1 saturated carbocycles. The fourth-order valence-electron chi connectivity index (χ4n) is 2.05. The Kier molecular flexibility index (Phi) is 2.08. The summed E-state index contributed by atoms with van der Waals surface area (Å²) >= 11 is 0. The Morgan fingerprint density at radius 2 is 1.92 bits per heavy atom. The lowest BCUT2D eigenvalue weighted by atomic mass is 10.0. The minimum absolute atomic E-state index is 0.570. The van der Waals surface area contributed by atoms with Gasteiger partial charge in [-0.15, -0.1) is 0 Å². The van der Waals surface area contributed by atoms with E-state index in [0.717, 1.165) is 11.4 Å². The molecule has 4 N–H and O–H groups in total. The van der Waals surface area contributed by atoms with Crippen LogP contribution >= 0.6 is 0 Å². The smallest absolute Gasteiger partial charge is 0.0665 e. The van der Waals surface area contributed by atoms with Gasteiger partial charge in [0.2, 0.25) is 0 Å². The summed E-state index contributed by atoms with van der Waals surface area (Å²) in [6.07, 6.45) is 6.75. The highest BCUT2D eigenvalue weighted by atomic mass is 14.8. The molecular formula is C10H15N3.